The number of guanidine groups is 1. The maximum absolute atomic E-state index is 9.76. The molecular formula is C13H26IN3O2. The fourth-order valence-corrected chi connectivity index (χ4v) is 1.65. The van der Waals surface area contributed by atoms with E-state index in [0.717, 1.165) is 25.0 Å². The Morgan fingerprint density at radius 2 is 2.11 bits per heavy atom. The van der Waals surface area contributed by atoms with Gasteiger partial charge in [-0.25, -0.2) is 0 Å². The summed E-state index contributed by atoms with van der Waals surface area (Å²) in [7, 11) is 0. The minimum atomic E-state index is -0.501. The highest BCUT2D eigenvalue weighted by molar-refractivity contribution is 14.0. The van der Waals surface area contributed by atoms with Gasteiger partial charge in [-0.1, -0.05) is 0 Å². The van der Waals surface area contributed by atoms with Crippen LogP contribution in [0.15, 0.2) is 4.99 Å². The first-order valence-corrected chi connectivity index (χ1v) is 7.08. The molecule has 0 bridgehead atoms. The molecule has 2 aliphatic carbocycles. The number of aliphatic hydroxyl groups is 1. The number of aliphatic imine (C=N–C) groups is 1. The number of hydrogen-bond acceptors (Lipinski definition) is 3. The van der Waals surface area contributed by atoms with Crippen LogP contribution in [0.3, 0.4) is 0 Å². The van der Waals surface area contributed by atoms with Crippen molar-refractivity contribution in [2.75, 3.05) is 26.3 Å². The predicted octanol–water partition coefficient (Wildman–Crippen LogP) is 1.11. The first-order chi connectivity index (χ1) is 8.78. The lowest BCUT2D eigenvalue weighted by Gasteiger charge is -2.12. The van der Waals surface area contributed by atoms with Crippen molar-refractivity contribution in [3.05, 3.63) is 0 Å². The van der Waals surface area contributed by atoms with Gasteiger partial charge in [-0.15, -0.1) is 24.0 Å². The maximum Gasteiger partial charge on any atom is 0.191 e. The van der Waals surface area contributed by atoms with E-state index in [1.807, 2.05) is 6.92 Å². The highest BCUT2D eigenvalue weighted by Gasteiger charge is 2.23. The van der Waals surface area contributed by atoms with Crippen LogP contribution < -0.4 is 10.6 Å². The van der Waals surface area contributed by atoms with E-state index in [-0.39, 0.29) is 24.0 Å². The number of halogens is 1. The minimum Gasteiger partial charge on any atom is -0.389 e. The monoisotopic (exact) mass is 383 g/mol. The van der Waals surface area contributed by atoms with Crippen molar-refractivity contribution in [3.8, 4) is 0 Å². The van der Waals surface area contributed by atoms with Crippen molar-refractivity contribution < 1.29 is 9.84 Å². The smallest absolute Gasteiger partial charge is 0.191 e. The number of aliphatic hydroxyl groups excluding tert-OH is 1. The van der Waals surface area contributed by atoms with Gasteiger partial charge in [-0.05, 0) is 38.5 Å². The van der Waals surface area contributed by atoms with Crippen LogP contribution in [0, 0.1) is 5.92 Å². The third-order valence-electron chi connectivity index (χ3n) is 3.08. The Morgan fingerprint density at radius 3 is 2.68 bits per heavy atom. The van der Waals surface area contributed by atoms with Gasteiger partial charge in [0.25, 0.3) is 0 Å². The molecule has 0 aliphatic heterocycles. The second kappa shape index (κ2) is 8.97. The summed E-state index contributed by atoms with van der Waals surface area (Å²) < 4.78 is 5.44. The first kappa shape index (κ1) is 17.0. The molecular weight excluding hydrogens is 357 g/mol. The Labute approximate surface area is 132 Å². The van der Waals surface area contributed by atoms with Gasteiger partial charge in [-0.3, -0.25) is 4.99 Å². The Kier molecular flexibility index (Phi) is 8.01. The summed E-state index contributed by atoms with van der Waals surface area (Å²) >= 11 is 0. The Balaban J connectivity index is 0.00000180. The maximum atomic E-state index is 9.76. The molecule has 0 amide bonds. The lowest BCUT2D eigenvalue weighted by Crippen LogP contribution is -2.39. The van der Waals surface area contributed by atoms with Gasteiger partial charge >= 0.3 is 0 Å². The zero-order valence-corrected chi connectivity index (χ0v) is 13.9. The summed E-state index contributed by atoms with van der Waals surface area (Å²) in [6, 6.07) is 0.575. The number of rotatable bonds is 8. The molecule has 19 heavy (non-hydrogen) atoms. The van der Waals surface area contributed by atoms with E-state index >= 15 is 0 Å². The van der Waals surface area contributed by atoms with Crippen molar-refractivity contribution in [3.63, 3.8) is 0 Å². The van der Waals surface area contributed by atoms with E-state index in [2.05, 4.69) is 15.6 Å². The van der Waals surface area contributed by atoms with Gasteiger partial charge in [0.1, 0.15) is 0 Å². The van der Waals surface area contributed by atoms with Crippen LogP contribution in [0.2, 0.25) is 0 Å². The van der Waals surface area contributed by atoms with Crippen LogP contribution in [-0.2, 0) is 4.74 Å². The van der Waals surface area contributed by atoms with Gasteiger partial charge in [0.2, 0.25) is 0 Å². The summed E-state index contributed by atoms with van der Waals surface area (Å²) in [5.74, 6) is 1.55. The molecule has 2 aliphatic rings. The van der Waals surface area contributed by atoms with Crippen molar-refractivity contribution in [2.45, 2.75) is 44.8 Å². The van der Waals surface area contributed by atoms with E-state index in [0.29, 0.717) is 19.2 Å². The number of ether oxygens (including phenoxy) is 1. The fourth-order valence-electron chi connectivity index (χ4n) is 1.65. The van der Waals surface area contributed by atoms with Gasteiger partial charge in [-0.2, -0.15) is 0 Å². The summed E-state index contributed by atoms with van der Waals surface area (Å²) in [4.78, 5) is 4.37. The first-order valence-electron chi connectivity index (χ1n) is 7.08. The Morgan fingerprint density at radius 1 is 1.37 bits per heavy atom. The molecule has 1 unspecified atom stereocenters. The van der Waals surface area contributed by atoms with Crippen molar-refractivity contribution in [2.24, 2.45) is 10.9 Å². The molecule has 0 aromatic heterocycles. The van der Waals surface area contributed by atoms with Crippen LogP contribution in [0.25, 0.3) is 0 Å². The highest BCUT2D eigenvalue weighted by Crippen LogP contribution is 2.28. The van der Waals surface area contributed by atoms with Gasteiger partial charge in [0.05, 0.1) is 19.3 Å². The minimum absolute atomic E-state index is 0. The van der Waals surface area contributed by atoms with Crippen LogP contribution in [-0.4, -0.2) is 49.5 Å². The fraction of sp³-hybridized carbons (Fsp3) is 0.923. The molecule has 3 N–H and O–H groups in total. The number of nitrogens with zero attached hydrogens (tertiary/aromatic N) is 1. The molecule has 2 rings (SSSR count). The zero-order chi connectivity index (χ0) is 12.8. The summed E-state index contributed by atoms with van der Waals surface area (Å²) in [5, 5.41) is 16.3. The Bertz CT molecular complexity index is 281. The van der Waals surface area contributed by atoms with Crippen molar-refractivity contribution in [1.82, 2.24) is 10.6 Å². The topological polar surface area (TPSA) is 65.9 Å². The summed E-state index contributed by atoms with van der Waals surface area (Å²) in [6.45, 7) is 4.46. The molecule has 0 spiro atoms. The van der Waals surface area contributed by atoms with Crippen LogP contribution >= 0.6 is 24.0 Å². The number of nitrogens with one attached hydrogen (secondary N) is 2. The lowest BCUT2D eigenvalue weighted by molar-refractivity contribution is 0.0368. The normalized spacial score (nSPS) is 20.6. The molecule has 112 valence electrons. The molecule has 5 nitrogen and oxygen atoms in total. The lowest BCUT2D eigenvalue weighted by atomic mass is 10.4. The third kappa shape index (κ3) is 7.94. The molecule has 2 saturated carbocycles. The molecule has 2 fully saturated rings. The second-order valence-electron chi connectivity index (χ2n) is 5.27. The number of hydrogen-bond donors (Lipinski definition) is 3. The van der Waals surface area contributed by atoms with E-state index in [1.165, 1.54) is 25.7 Å². The SMILES string of the molecule is CCNC(=NCC(O)COCC1CC1)NC1CC1.I. The van der Waals surface area contributed by atoms with Crippen LogP contribution in [0.5, 0.6) is 0 Å². The van der Waals surface area contributed by atoms with E-state index < -0.39 is 6.10 Å². The zero-order valence-electron chi connectivity index (χ0n) is 11.6. The average Bonchev–Trinajstić information content (AvgIpc) is 3.20. The largest absolute Gasteiger partial charge is 0.389 e. The second-order valence-corrected chi connectivity index (χ2v) is 5.27. The van der Waals surface area contributed by atoms with Crippen molar-refractivity contribution in [1.29, 1.82) is 0 Å². The van der Waals surface area contributed by atoms with Crippen molar-refractivity contribution >= 4 is 29.9 Å². The standard InChI is InChI=1S/C13H25N3O2.HI/c1-2-14-13(16-11-5-6-11)15-7-12(17)9-18-8-10-3-4-10;/h10-12,17H,2-9H2,1H3,(H2,14,15,16);1H. The average molecular weight is 383 g/mol. The molecule has 0 heterocycles. The van der Waals surface area contributed by atoms with Crippen LogP contribution in [0.1, 0.15) is 32.6 Å². The van der Waals surface area contributed by atoms with E-state index in [4.69, 9.17) is 4.74 Å². The molecule has 0 aromatic carbocycles. The summed E-state index contributed by atoms with van der Waals surface area (Å²) in [6.07, 6.45) is 4.50. The molecule has 0 radical (unpaired) electrons. The molecule has 0 saturated heterocycles. The summed E-state index contributed by atoms with van der Waals surface area (Å²) in [5.41, 5.74) is 0. The Hall–Kier alpha value is -0.0800. The van der Waals surface area contributed by atoms with E-state index in [1.54, 1.807) is 0 Å². The van der Waals surface area contributed by atoms with Gasteiger partial charge in [0, 0.05) is 19.2 Å². The van der Waals surface area contributed by atoms with E-state index in [9.17, 15) is 5.11 Å². The molecule has 6 heteroatoms. The highest BCUT2D eigenvalue weighted by atomic mass is 127. The quantitative estimate of drug-likeness (QED) is 0.334. The van der Waals surface area contributed by atoms with Crippen LogP contribution in [0.4, 0.5) is 0 Å². The van der Waals surface area contributed by atoms with Gasteiger partial charge in [0.15, 0.2) is 5.96 Å². The predicted molar refractivity (Wildman–Crippen MR) is 87.1 cm³/mol. The molecule has 0 aromatic rings. The molecule has 1 atom stereocenters. The third-order valence-corrected chi connectivity index (χ3v) is 3.08. The van der Waals surface area contributed by atoms with Gasteiger partial charge < -0.3 is 20.5 Å².